The fourth-order valence-electron chi connectivity index (χ4n) is 0.853. The molecule has 0 aromatic heterocycles. The Kier molecular flexibility index (Phi) is 2.49. The van der Waals surface area contributed by atoms with Crippen LogP contribution >= 0.6 is 0 Å². The molecule has 0 saturated heterocycles. The molecule has 0 bridgehead atoms. The van der Waals surface area contributed by atoms with E-state index < -0.39 is 12.0 Å². The van der Waals surface area contributed by atoms with Crippen LogP contribution in [-0.4, -0.2) is 19.1 Å². The molecule has 1 rings (SSSR count). The van der Waals surface area contributed by atoms with E-state index >= 15 is 0 Å². The van der Waals surface area contributed by atoms with E-state index in [-0.39, 0.29) is 0 Å². The molecule has 12 heavy (non-hydrogen) atoms. The minimum Gasteiger partial charge on any atom is -0.465 e. The third-order valence-corrected chi connectivity index (χ3v) is 1.45. The van der Waals surface area contributed by atoms with Crippen molar-refractivity contribution in [2.45, 2.75) is 6.04 Å². The van der Waals surface area contributed by atoms with Gasteiger partial charge in [0.1, 0.15) is 6.04 Å². The van der Waals surface area contributed by atoms with Gasteiger partial charge in [-0.2, -0.15) is 5.26 Å². The van der Waals surface area contributed by atoms with Gasteiger partial charge in [-0.1, -0.05) is 0 Å². The van der Waals surface area contributed by atoms with E-state index in [4.69, 9.17) is 5.26 Å². The lowest BCUT2D eigenvalue weighted by Gasteiger charge is -2.10. The van der Waals surface area contributed by atoms with Crippen molar-refractivity contribution in [1.82, 2.24) is 5.32 Å². The zero-order valence-electron chi connectivity index (χ0n) is 6.57. The Bertz CT molecular complexity index is 286. The van der Waals surface area contributed by atoms with E-state index in [0.29, 0.717) is 5.57 Å². The summed E-state index contributed by atoms with van der Waals surface area (Å²) in [5, 5.41) is 11.3. The molecular weight excluding hydrogens is 156 g/mol. The predicted molar refractivity (Wildman–Crippen MR) is 41.8 cm³/mol. The first-order valence-electron chi connectivity index (χ1n) is 3.40. The van der Waals surface area contributed by atoms with E-state index in [1.807, 2.05) is 6.07 Å². The van der Waals surface area contributed by atoms with Gasteiger partial charge in [0, 0.05) is 0 Å². The Morgan fingerprint density at radius 1 is 1.83 bits per heavy atom. The first kappa shape index (κ1) is 8.34. The van der Waals surface area contributed by atoms with Gasteiger partial charge in [0.25, 0.3) is 0 Å². The second-order valence-electron chi connectivity index (χ2n) is 2.22. The number of carbonyl (C=O) groups excluding carboxylic acids is 1. The number of nitrogens with one attached hydrogen (secondary N) is 1. The first-order chi connectivity index (χ1) is 5.77. The molecule has 1 N–H and O–H groups in total. The van der Waals surface area contributed by atoms with Gasteiger partial charge in [0.15, 0.2) is 0 Å². The van der Waals surface area contributed by atoms with Gasteiger partial charge in [-0.05, 0) is 18.4 Å². The number of hydrogen-bond acceptors (Lipinski definition) is 4. The molecule has 0 amide bonds. The van der Waals surface area contributed by atoms with Crippen LogP contribution in [-0.2, 0) is 9.53 Å². The number of nitriles is 1. The Hall–Kier alpha value is -1.76. The Labute approximate surface area is 70.1 Å². The molecule has 0 spiro atoms. The van der Waals surface area contributed by atoms with Crippen LogP contribution in [0.3, 0.4) is 0 Å². The molecule has 4 heteroatoms. The summed E-state index contributed by atoms with van der Waals surface area (Å²) >= 11 is 0. The van der Waals surface area contributed by atoms with Gasteiger partial charge in [-0.25, -0.2) is 4.79 Å². The van der Waals surface area contributed by atoms with Crippen molar-refractivity contribution in [3.05, 3.63) is 23.9 Å². The third kappa shape index (κ3) is 1.64. The zero-order chi connectivity index (χ0) is 8.97. The summed E-state index contributed by atoms with van der Waals surface area (Å²) in [6.45, 7) is 0. The molecular formula is C8H8N2O2. The molecule has 1 heterocycles. The Morgan fingerprint density at radius 3 is 3.17 bits per heavy atom. The van der Waals surface area contributed by atoms with Crippen molar-refractivity contribution >= 4 is 5.97 Å². The molecule has 1 unspecified atom stereocenters. The molecule has 1 aliphatic heterocycles. The fraction of sp³-hybridized carbons (Fsp3) is 0.250. The van der Waals surface area contributed by atoms with Crippen molar-refractivity contribution in [3.8, 4) is 6.07 Å². The number of hydrogen-bond donors (Lipinski definition) is 1. The number of carbonyl (C=O) groups is 1. The molecule has 0 fully saturated rings. The number of dihydropyridines is 1. The van der Waals surface area contributed by atoms with Crippen molar-refractivity contribution in [3.63, 3.8) is 0 Å². The van der Waals surface area contributed by atoms with Gasteiger partial charge in [0.05, 0.1) is 18.8 Å². The smallest absolute Gasteiger partial charge is 0.337 e. The predicted octanol–water partition coefficient (Wildman–Crippen LogP) is 0.0949. The lowest BCUT2D eigenvalue weighted by molar-refractivity contribution is -0.135. The quantitative estimate of drug-likeness (QED) is 0.558. The van der Waals surface area contributed by atoms with Crippen molar-refractivity contribution in [1.29, 1.82) is 5.26 Å². The molecule has 0 saturated carbocycles. The lowest BCUT2D eigenvalue weighted by Crippen LogP contribution is -2.24. The topological polar surface area (TPSA) is 62.1 Å². The van der Waals surface area contributed by atoms with Gasteiger partial charge in [-0.15, -0.1) is 0 Å². The molecule has 1 atom stereocenters. The zero-order valence-corrected chi connectivity index (χ0v) is 6.57. The maximum Gasteiger partial charge on any atom is 0.337 e. The van der Waals surface area contributed by atoms with E-state index in [2.05, 4.69) is 10.1 Å². The number of rotatable bonds is 1. The molecule has 1 aliphatic rings. The summed E-state index contributed by atoms with van der Waals surface area (Å²) in [4.78, 5) is 10.9. The maximum absolute atomic E-state index is 10.9. The van der Waals surface area contributed by atoms with E-state index in [9.17, 15) is 4.79 Å². The second-order valence-corrected chi connectivity index (χ2v) is 2.22. The highest BCUT2D eigenvalue weighted by Crippen LogP contribution is 2.05. The molecule has 0 aromatic carbocycles. The van der Waals surface area contributed by atoms with Gasteiger partial charge in [-0.3, -0.25) is 0 Å². The molecule has 0 aromatic rings. The number of esters is 1. The monoisotopic (exact) mass is 164 g/mol. The summed E-state index contributed by atoms with van der Waals surface area (Å²) < 4.78 is 4.49. The van der Waals surface area contributed by atoms with E-state index in [0.717, 1.165) is 0 Å². The van der Waals surface area contributed by atoms with Gasteiger partial charge < -0.3 is 10.1 Å². The van der Waals surface area contributed by atoms with Crippen LogP contribution in [0.1, 0.15) is 0 Å². The first-order valence-corrected chi connectivity index (χ1v) is 3.40. The van der Waals surface area contributed by atoms with Crippen LogP contribution in [0.25, 0.3) is 0 Å². The van der Waals surface area contributed by atoms with Crippen LogP contribution in [0.15, 0.2) is 23.9 Å². The highest BCUT2D eigenvalue weighted by atomic mass is 16.5. The van der Waals surface area contributed by atoms with Crippen LogP contribution in [0.4, 0.5) is 0 Å². The van der Waals surface area contributed by atoms with Gasteiger partial charge in [0.2, 0.25) is 0 Å². The van der Waals surface area contributed by atoms with E-state index in [1.54, 1.807) is 12.3 Å². The summed E-state index contributed by atoms with van der Waals surface area (Å²) in [5.41, 5.74) is 0.405. The highest BCUT2D eigenvalue weighted by Gasteiger charge is 2.12. The normalized spacial score (nSPS) is 20.3. The molecule has 62 valence electrons. The SMILES string of the molecule is COC(=O)C1=CC(C#N)NC=C1. The summed E-state index contributed by atoms with van der Waals surface area (Å²) in [6, 6.07) is 1.53. The number of nitrogens with zero attached hydrogens (tertiary/aromatic N) is 1. The number of ether oxygens (including phenoxy) is 1. The van der Waals surface area contributed by atoms with E-state index in [1.165, 1.54) is 13.2 Å². The minimum absolute atomic E-state index is 0.405. The van der Waals surface area contributed by atoms with Crippen LogP contribution in [0, 0.1) is 11.3 Å². The molecule has 4 nitrogen and oxygen atoms in total. The molecule has 0 aliphatic carbocycles. The Balaban J connectivity index is 2.78. The summed E-state index contributed by atoms with van der Waals surface area (Å²) in [5.74, 6) is -0.423. The van der Waals surface area contributed by atoms with Crippen molar-refractivity contribution in [2.75, 3.05) is 7.11 Å². The van der Waals surface area contributed by atoms with Crippen LogP contribution < -0.4 is 5.32 Å². The standard InChI is InChI=1S/C8H8N2O2/c1-12-8(11)6-2-3-10-7(4-6)5-9/h2-4,7,10H,1H3. The highest BCUT2D eigenvalue weighted by molar-refractivity contribution is 5.91. The average Bonchev–Trinajstić information content (AvgIpc) is 2.17. The fourth-order valence-corrected chi connectivity index (χ4v) is 0.853. The Morgan fingerprint density at radius 2 is 2.58 bits per heavy atom. The average molecular weight is 164 g/mol. The number of methoxy groups -OCH3 is 1. The second kappa shape index (κ2) is 3.58. The lowest BCUT2D eigenvalue weighted by atomic mass is 10.1. The van der Waals surface area contributed by atoms with Crippen LogP contribution in [0.2, 0.25) is 0 Å². The van der Waals surface area contributed by atoms with Gasteiger partial charge >= 0.3 is 5.97 Å². The summed E-state index contributed by atoms with van der Waals surface area (Å²) in [6.07, 6.45) is 4.64. The third-order valence-electron chi connectivity index (χ3n) is 1.45. The van der Waals surface area contributed by atoms with Crippen molar-refractivity contribution in [2.24, 2.45) is 0 Å². The largest absolute Gasteiger partial charge is 0.465 e. The minimum atomic E-state index is -0.441. The van der Waals surface area contributed by atoms with Crippen molar-refractivity contribution < 1.29 is 9.53 Å². The molecule has 0 radical (unpaired) electrons. The maximum atomic E-state index is 10.9. The van der Waals surface area contributed by atoms with Crippen LogP contribution in [0.5, 0.6) is 0 Å². The summed E-state index contributed by atoms with van der Waals surface area (Å²) in [7, 11) is 1.31.